The monoisotopic (exact) mass is 282 g/mol. The van der Waals surface area contributed by atoms with Crippen molar-refractivity contribution in [2.45, 2.75) is 90.9 Å². The van der Waals surface area contributed by atoms with E-state index in [2.05, 4.69) is 19.1 Å². The van der Waals surface area contributed by atoms with Crippen LogP contribution in [0.3, 0.4) is 0 Å². The Hall–Kier alpha value is -0.790. The van der Waals surface area contributed by atoms with E-state index in [4.69, 9.17) is 4.74 Å². The van der Waals surface area contributed by atoms with Crippen LogP contribution in [0.4, 0.5) is 0 Å². The van der Waals surface area contributed by atoms with Gasteiger partial charge in [0.15, 0.2) is 0 Å². The summed E-state index contributed by atoms with van der Waals surface area (Å²) in [7, 11) is 0. The first-order chi connectivity index (χ1) is 9.77. The lowest BCUT2D eigenvalue weighted by Crippen LogP contribution is -2.00. The summed E-state index contributed by atoms with van der Waals surface area (Å²) in [5.41, 5.74) is 0. The Morgan fingerprint density at radius 2 is 1.25 bits per heavy atom. The molecule has 0 bridgehead atoms. The standard InChI is InChI=1S/C18H34O2/c1-3-4-5-6-7-8-9-10-11-12-13-14-15-16-17-20-18(2)19/h3-4H,5-17H2,1-2H3/b4-3-. The highest BCUT2D eigenvalue weighted by Crippen LogP contribution is 2.12. The Morgan fingerprint density at radius 3 is 1.70 bits per heavy atom. The lowest BCUT2D eigenvalue weighted by Gasteiger charge is -2.03. The molecule has 0 aliphatic rings. The van der Waals surface area contributed by atoms with Gasteiger partial charge in [0.25, 0.3) is 0 Å². The second-order valence-corrected chi connectivity index (χ2v) is 5.59. The molecule has 0 atom stereocenters. The van der Waals surface area contributed by atoms with Gasteiger partial charge in [0.05, 0.1) is 6.61 Å². The predicted octanol–water partition coefficient (Wildman–Crippen LogP) is 5.81. The van der Waals surface area contributed by atoms with Crippen LogP contribution in [0.1, 0.15) is 90.9 Å². The van der Waals surface area contributed by atoms with E-state index in [1.165, 1.54) is 77.6 Å². The van der Waals surface area contributed by atoms with Crippen LogP contribution >= 0.6 is 0 Å². The smallest absolute Gasteiger partial charge is 0.302 e. The van der Waals surface area contributed by atoms with Crippen LogP contribution in [-0.4, -0.2) is 12.6 Å². The summed E-state index contributed by atoms with van der Waals surface area (Å²) >= 11 is 0. The van der Waals surface area contributed by atoms with Crippen molar-refractivity contribution in [2.75, 3.05) is 6.61 Å². The van der Waals surface area contributed by atoms with E-state index in [0.717, 1.165) is 6.42 Å². The molecule has 0 aromatic rings. The zero-order valence-corrected chi connectivity index (χ0v) is 13.7. The second kappa shape index (κ2) is 16.3. The van der Waals surface area contributed by atoms with E-state index in [-0.39, 0.29) is 5.97 Å². The van der Waals surface area contributed by atoms with E-state index in [1.807, 2.05) is 0 Å². The molecule has 0 saturated heterocycles. The van der Waals surface area contributed by atoms with Gasteiger partial charge in [-0.2, -0.15) is 0 Å². The van der Waals surface area contributed by atoms with Crippen molar-refractivity contribution < 1.29 is 9.53 Å². The normalized spacial score (nSPS) is 11.1. The lowest BCUT2D eigenvalue weighted by atomic mass is 10.1. The molecule has 0 spiro atoms. The third kappa shape index (κ3) is 17.2. The van der Waals surface area contributed by atoms with Gasteiger partial charge >= 0.3 is 5.97 Å². The summed E-state index contributed by atoms with van der Waals surface area (Å²) in [6.07, 6.45) is 20.2. The number of ether oxygens (including phenoxy) is 1. The van der Waals surface area contributed by atoms with Gasteiger partial charge in [0, 0.05) is 6.92 Å². The molecule has 0 aliphatic carbocycles. The first-order valence-electron chi connectivity index (χ1n) is 8.52. The molecule has 2 heteroatoms. The van der Waals surface area contributed by atoms with E-state index in [0.29, 0.717) is 6.61 Å². The van der Waals surface area contributed by atoms with Crippen LogP contribution in [0.5, 0.6) is 0 Å². The number of carbonyl (C=O) groups is 1. The molecule has 0 saturated carbocycles. The van der Waals surface area contributed by atoms with E-state index >= 15 is 0 Å². The third-order valence-electron chi connectivity index (χ3n) is 3.56. The molecule has 0 N–H and O–H groups in total. The molecule has 0 fully saturated rings. The fourth-order valence-corrected chi connectivity index (χ4v) is 2.34. The first-order valence-corrected chi connectivity index (χ1v) is 8.52. The van der Waals surface area contributed by atoms with E-state index in [9.17, 15) is 4.79 Å². The van der Waals surface area contributed by atoms with Gasteiger partial charge in [-0.15, -0.1) is 0 Å². The van der Waals surface area contributed by atoms with Crippen LogP contribution in [0.2, 0.25) is 0 Å². The van der Waals surface area contributed by atoms with Crippen molar-refractivity contribution >= 4 is 5.97 Å². The maximum Gasteiger partial charge on any atom is 0.302 e. The molecule has 20 heavy (non-hydrogen) atoms. The van der Waals surface area contributed by atoms with Crippen molar-refractivity contribution in [2.24, 2.45) is 0 Å². The van der Waals surface area contributed by atoms with Gasteiger partial charge in [-0.1, -0.05) is 69.9 Å². The molecule has 0 unspecified atom stereocenters. The van der Waals surface area contributed by atoms with Crippen LogP contribution in [0.25, 0.3) is 0 Å². The minimum Gasteiger partial charge on any atom is -0.466 e. The molecule has 0 heterocycles. The van der Waals surface area contributed by atoms with Crippen LogP contribution in [0, 0.1) is 0 Å². The number of unbranched alkanes of at least 4 members (excludes halogenated alkanes) is 11. The molecule has 0 radical (unpaired) electrons. The Kier molecular flexibility index (Phi) is 15.6. The number of allylic oxidation sites excluding steroid dienone is 2. The Bertz CT molecular complexity index is 234. The van der Waals surface area contributed by atoms with Gasteiger partial charge in [-0.05, 0) is 26.2 Å². The number of hydrogen-bond acceptors (Lipinski definition) is 2. The topological polar surface area (TPSA) is 26.3 Å². The van der Waals surface area contributed by atoms with Crippen LogP contribution < -0.4 is 0 Å². The highest BCUT2D eigenvalue weighted by molar-refractivity contribution is 5.65. The van der Waals surface area contributed by atoms with Gasteiger partial charge in [0.2, 0.25) is 0 Å². The molecule has 0 aromatic heterocycles. The molecule has 0 aromatic carbocycles. The predicted molar refractivity (Wildman–Crippen MR) is 86.9 cm³/mol. The SMILES string of the molecule is C/C=C\CCCCCCCCCCCCCOC(C)=O. The largest absolute Gasteiger partial charge is 0.466 e. The number of esters is 1. The fourth-order valence-electron chi connectivity index (χ4n) is 2.34. The fraction of sp³-hybridized carbons (Fsp3) is 0.833. The molecule has 0 amide bonds. The van der Waals surface area contributed by atoms with Gasteiger partial charge in [-0.3, -0.25) is 4.79 Å². The third-order valence-corrected chi connectivity index (χ3v) is 3.56. The highest BCUT2D eigenvalue weighted by Gasteiger charge is 1.95. The van der Waals surface area contributed by atoms with Crippen molar-refractivity contribution in [1.82, 2.24) is 0 Å². The van der Waals surface area contributed by atoms with Crippen molar-refractivity contribution in [3.63, 3.8) is 0 Å². The minimum absolute atomic E-state index is 0.157. The highest BCUT2D eigenvalue weighted by atomic mass is 16.5. The molecule has 0 rings (SSSR count). The summed E-state index contributed by atoms with van der Waals surface area (Å²) in [6.45, 7) is 4.17. The van der Waals surface area contributed by atoms with E-state index in [1.54, 1.807) is 0 Å². The maximum absolute atomic E-state index is 10.6. The Morgan fingerprint density at radius 1 is 0.800 bits per heavy atom. The summed E-state index contributed by atoms with van der Waals surface area (Å²) in [6, 6.07) is 0. The number of rotatable bonds is 14. The van der Waals surface area contributed by atoms with Crippen LogP contribution in [0.15, 0.2) is 12.2 Å². The molecular formula is C18H34O2. The quantitative estimate of drug-likeness (QED) is 0.228. The summed E-state index contributed by atoms with van der Waals surface area (Å²) in [5.74, 6) is -0.157. The summed E-state index contributed by atoms with van der Waals surface area (Å²) < 4.78 is 4.91. The summed E-state index contributed by atoms with van der Waals surface area (Å²) in [5, 5.41) is 0. The van der Waals surface area contributed by atoms with Gasteiger partial charge < -0.3 is 4.74 Å². The molecule has 118 valence electrons. The average Bonchev–Trinajstić information content (AvgIpc) is 2.43. The zero-order chi connectivity index (χ0) is 14.9. The maximum atomic E-state index is 10.6. The molecule has 2 nitrogen and oxygen atoms in total. The number of carbonyl (C=O) groups excluding carboxylic acids is 1. The van der Waals surface area contributed by atoms with Gasteiger partial charge in [-0.25, -0.2) is 0 Å². The number of hydrogen-bond donors (Lipinski definition) is 0. The molecule has 0 aliphatic heterocycles. The average molecular weight is 282 g/mol. The first kappa shape index (κ1) is 19.2. The van der Waals surface area contributed by atoms with E-state index < -0.39 is 0 Å². The molecular weight excluding hydrogens is 248 g/mol. The van der Waals surface area contributed by atoms with Crippen molar-refractivity contribution in [3.8, 4) is 0 Å². The van der Waals surface area contributed by atoms with Crippen LogP contribution in [-0.2, 0) is 9.53 Å². The lowest BCUT2D eigenvalue weighted by molar-refractivity contribution is -0.141. The zero-order valence-electron chi connectivity index (χ0n) is 13.7. The van der Waals surface area contributed by atoms with Gasteiger partial charge in [0.1, 0.15) is 0 Å². The Labute approximate surface area is 126 Å². The van der Waals surface area contributed by atoms with Crippen molar-refractivity contribution in [1.29, 1.82) is 0 Å². The Balaban J connectivity index is 2.97. The minimum atomic E-state index is -0.157. The summed E-state index contributed by atoms with van der Waals surface area (Å²) in [4.78, 5) is 10.6. The second-order valence-electron chi connectivity index (χ2n) is 5.59. The van der Waals surface area contributed by atoms with Crippen molar-refractivity contribution in [3.05, 3.63) is 12.2 Å².